The third-order valence-corrected chi connectivity index (χ3v) is 3.93. The predicted octanol–water partition coefficient (Wildman–Crippen LogP) is 0.952. The highest BCUT2D eigenvalue weighted by Crippen LogP contribution is 2.38. The highest BCUT2D eigenvalue weighted by molar-refractivity contribution is 5.35. The molecule has 4 heteroatoms. The molecule has 4 nitrogen and oxygen atoms in total. The van der Waals surface area contributed by atoms with Crippen LogP contribution in [-0.2, 0) is 14.9 Å². The molecule has 1 unspecified atom stereocenters. The molecule has 98 valence electrons. The lowest BCUT2D eigenvalue weighted by Gasteiger charge is -2.48. The van der Waals surface area contributed by atoms with Gasteiger partial charge in [-0.1, -0.05) is 12.1 Å². The molecule has 0 aliphatic carbocycles. The maximum Gasteiger partial charge on any atom is 0.118 e. The Morgan fingerprint density at radius 2 is 2.06 bits per heavy atom. The molecule has 1 atom stereocenters. The van der Waals surface area contributed by atoms with E-state index in [9.17, 15) is 0 Å². The number of benzene rings is 1. The summed E-state index contributed by atoms with van der Waals surface area (Å²) in [4.78, 5) is 0. The van der Waals surface area contributed by atoms with Crippen molar-refractivity contribution in [1.82, 2.24) is 5.32 Å². The number of rotatable bonds is 3. The first kappa shape index (κ1) is 12.0. The van der Waals surface area contributed by atoms with Crippen LogP contribution in [0.1, 0.15) is 5.56 Å². The average molecular weight is 249 g/mol. The maximum atomic E-state index is 5.92. The number of methoxy groups -OCH3 is 1. The molecule has 2 aliphatic rings. The minimum atomic E-state index is 0.0136. The number of morpholine rings is 1. The van der Waals surface area contributed by atoms with Gasteiger partial charge in [-0.25, -0.2) is 0 Å². The zero-order chi connectivity index (χ0) is 12.4. The first-order chi connectivity index (χ1) is 8.85. The fourth-order valence-corrected chi connectivity index (χ4v) is 2.70. The molecule has 1 N–H and O–H groups in total. The molecule has 2 aliphatic heterocycles. The molecule has 2 heterocycles. The second-order valence-corrected chi connectivity index (χ2v) is 4.94. The monoisotopic (exact) mass is 249 g/mol. The van der Waals surface area contributed by atoms with Gasteiger partial charge in [0.05, 0.1) is 38.4 Å². The molecule has 0 amide bonds. The van der Waals surface area contributed by atoms with E-state index in [-0.39, 0.29) is 11.5 Å². The maximum absolute atomic E-state index is 5.92. The lowest BCUT2D eigenvalue weighted by Crippen LogP contribution is -2.61. The third kappa shape index (κ3) is 1.90. The van der Waals surface area contributed by atoms with Gasteiger partial charge in [-0.15, -0.1) is 0 Å². The first-order valence-corrected chi connectivity index (χ1v) is 6.40. The van der Waals surface area contributed by atoms with E-state index in [4.69, 9.17) is 14.2 Å². The number of nitrogens with one attached hydrogen (secondary N) is 1. The predicted molar refractivity (Wildman–Crippen MR) is 68.1 cm³/mol. The van der Waals surface area contributed by atoms with Gasteiger partial charge in [0.25, 0.3) is 0 Å². The molecule has 0 saturated carbocycles. The topological polar surface area (TPSA) is 39.7 Å². The Hall–Kier alpha value is -1.10. The van der Waals surface area contributed by atoms with Gasteiger partial charge in [0.1, 0.15) is 5.75 Å². The van der Waals surface area contributed by atoms with E-state index in [1.165, 1.54) is 5.56 Å². The second kappa shape index (κ2) is 4.88. The van der Waals surface area contributed by atoms with Gasteiger partial charge in [0.2, 0.25) is 0 Å². The van der Waals surface area contributed by atoms with E-state index in [2.05, 4.69) is 17.4 Å². The average Bonchev–Trinajstić information content (AvgIpc) is 2.40. The van der Waals surface area contributed by atoms with Crippen LogP contribution < -0.4 is 10.1 Å². The standard InChI is InChI=1S/C14H19NO3/c1-16-12-4-2-11(3-5-12)14(9-17-10-14)13-8-15-6-7-18-13/h2-5,13,15H,6-10H2,1H3. The highest BCUT2D eigenvalue weighted by atomic mass is 16.5. The van der Waals surface area contributed by atoms with Gasteiger partial charge in [-0.05, 0) is 17.7 Å². The summed E-state index contributed by atoms with van der Waals surface area (Å²) in [5.41, 5.74) is 1.29. The molecule has 0 aromatic heterocycles. The summed E-state index contributed by atoms with van der Waals surface area (Å²) in [6, 6.07) is 8.26. The Morgan fingerprint density at radius 3 is 2.56 bits per heavy atom. The summed E-state index contributed by atoms with van der Waals surface area (Å²) < 4.78 is 16.6. The summed E-state index contributed by atoms with van der Waals surface area (Å²) in [5, 5.41) is 3.40. The fourth-order valence-electron chi connectivity index (χ4n) is 2.70. The third-order valence-electron chi connectivity index (χ3n) is 3.93. The van der Waals surface area contributed by atoms with E-state index in [1.54, 1.807) is 7.11 Å². The zero-order valence-electron chi connectivity index (χ0n) is 10.6. The van der Waals surface area contributed by atoms with Crippen LogP contribution in [0.25, 0.3) is 0 Å². The molecule has 1 aromatic carbocycles. The Morgan fingerprint density at radius 1 is 1.28 bits per heavy atom. The van der Waals surface area contributed by atoms with Crippen molar-refractivity contribution in [2.24, 2.45) is 0 Å². The van der Waals surface area contributed by atoms with Crippen molar-refractivity contribution in [1.29, 1.82) is 0 Å². The molecule has 0 bridgehead atoms. The lowest BCUT2D eigenvalue weighted by atomic mass is 9.73. The molecular formula is C14H19NO3. The summed E-state index contributed by atoms with van der Waals surface area (Å²) in [6.45, 7) is 4.10. The minimum absolute atomic E-state index is 0.0136. The summed E-state index contributed by atoms with van der Waals surface area (Å²) in [6.07, 6.45) is 0.202. The van der Waals surface area contributed by atoms with Gasteiger partial charge in [-0.3, -0.25) is 0 Å². The Bertz CT molecular complexity index is 394. The van der Waals surface area contributed by atoms with Crippen molar-refractivity contribution in [2.45, 2.75) is 11.5 Å². The summed E-state index contributed by atoms with van der Waals surface area (Å²) in [5.74, 6) is 0.886. The van der Waals surface area contributed by atoms with Crippen LogP contribution in [0.5, 0.6) is 5.75 Å². The van der Waals surface area contributed by atoms with E-state index >= 15 is 0 Å². The van der Waals surface area contributed by atoms with E-state index < -0.39 is 0 Å². The van der Waals surface area contributed by atoms with Crippen LogP contribution in [0.4, 0.5) is 0 Å². The van der Waals surface area contributed by atoms with Crippen LogP contribution in [0, 0.1) is 0 Å². The SMILES string of the molecule is COc1ccc(C2(C3CNCCO3)COC2)cc1. The zero-order valence-corrected chi connectivity index (χ0v) is 10.6. The number of ether oxygens (including phenoxy) is 3. The fraction of sp³-hybridized carbons (Fsp3) is 0.571. The number of hydrogen-bond acceptors (Lipinski definition) is 4. The quantitative estimate of drug-likeness (QED) is 0.866. The molecule has 0 spiro atoms. The van der Waals surface area contributed by atoms with Crippen molar-refractivity contribution in [2.75, 3.05) is 40.0 Å². The van der Waals surface area contributed by atoms with Crippen molar-refractivity contribution in [3.05, 3.63) is 29.8 Å². The van der Waals surface area contributed by atoms with Crippen LogP contribution >= 0.6 is 0 Å². The molecule has 2 fully saturated rings. The van der Waals surface area contributed by atoms with Crippen LogP contribution in [-0.4, -0.2) is 46.1 Å². The largest absolute Gasteiger partial charge is 0.497 e. The molecule has 0 radical (unpaired) electrons. The van der Waals surface area contributed by atoms with Crippen molar-refractivity contribution < 1.29 is 14.2 Å². The van der Waals surface area contributed by atoms with Crippen molar-refractivity contribution in [3.8, 4) is 5.75 Å². The smallest absolute Gasteiger partial charge is 0.118 e. The van der Waals surface area contributed by atoms with Crippen molar-refractivity contribution in [3.63, 3.8) is 0 Å². The lowest BCUT2D eigenvalue weighted by molar-refractivity contribution is -0.146. The second-order valence-electron chi connectivity index (χ2n) is 4.94. The van der Waals surface area contributed by atoms with Crippen LogP contribution in [0.3, 0.4) is 0 Å². The van der Waals surface area contributed by atoms with Gasteiger partial charge in [-0.2, -0.15) is 0 Å². The molecule has 18 heavy (non-hydrogen) atoms. The van der Waals surface area contributed by atoms with Crippen molar-refractivity contribution >= 4 is 0 Å². The number of hydrogen-bond donors (Lipinski definition) is 1. The minimum Gasteiger partial charge on any atom is -0.497 e. The van der Waals surface area contributed by atoms with Gasteiger partial charge < -0.3 is 19.5 Å². The molecule has 2 saturated heterocycles. The van der Waals surface area contributed by atoms with Gasteiger partial charge >= 0.3 is 0 Å². The van der Waals surface area contributed by atoms with E-state index in [0.29, 0.717) is 0 Å². The summed E-state index contributed by atoms with van der Waals surface area (Å²) in [7, 11) is 1.69. The van der Waals surface area contributed by atoms with Crippen LogP contribution in [0.15, 0.2) is 24.3 Å². The normalized spacial score (nSPS) is 26.4. The highest BCUT2D eigenvalue weighted by Gasteiger charge is 2.48. The molecular weight excluding hydrogens is 230 g/mol. The van der Waals surface area contributed by atoms with Gasteiger partial charge in [0.15, 0.2) is 0 Å². The Kier molecular flexibility index (Phi) is 3.24. The van der Waals surface area contributed by atoms with E-state index in [0.717, 1.165) is 38.7 Å². The molecule has 3 rings (SSSR count). The summed E-state index contributed by atoms with van der Waals surface area (Å²) >= 11 is 0. The Balaban J connectivity index is 1.85. The molecule has 1 aromatic rings. The Labute approximate surface area is 107 Å². The first-order valence-electron chi connectivity index (χ1n) is 6.40. The van der Waals surface area contributed by atoms with Crippen LogP contribution in [0.2, 0.25) is 0 Å². The van der Waals surface area contributed by atoms with E-state index in [1.807, 2.05) is 12.1 Å². The van der Waals surface area contributed by atoms with Gasteiger partial charge in [0, 0.05) is 13.1 Å².